The topological polar surface area (TPSA) is 45.1 Å². The second kappa shape index (κ2) is 7.10. The highest BCUT2D eigenvalue weighted by Crippen LogP contribution is 2.44. The fraction of sp³-hybridized carbons (Fsp3) is 0.375. The van der Waals surface area contributed by atoms with Crippen LogP contribution in [0.2, 0.25) is 0 Å². The lowest BCUT2D eigenvalue weighted by molar-refractivity contribution is 0.180. The molecule has 1 heterocycles. The Bertz CT molecular complexity index is 954. The fourth-order valence-electron chi connectivity index (χ4n) is 4.09. The Morgan fingerprint density at radius 2 is 2.00 bits per heavy atom. The van der Waals surface area contributed by atoms with Gasteiger partial charge in [-0.25, -0.2) is 0 Å². The molecule has 1 unspecified atom stereocenters. The third-order valence-electron chi connectivity index (χ3n) is 5.61. The van der Waals surface area contributed by atoms with Gasteiger partial charge in [0.05, 0.1) is 13.2 Å². The number of aliphatic hydroxyl groups is 1. The van der Waals surface area contributed by atoms with E-state index in [1.54, 1.807) is 7.11 Å². The van der Waals surface area contributed by atoms with Crippen molar-refractivity contribution in [3.63, 3.8) is 0 Å². The van der Waals surface area contributed by atoms with E-state index in [1.807, 2.05) is 12.3 Å². The number of allylic oxidation sites excluding steroid dienone is 1. The van der Waals surface area contributed by atoms with Gasteiger partial charge in [-0.05, 0) is 53.2 Å². The van der Waals surface area contributed by atoms with Gasteiger partial charge in [0.15, 0.2) is 0 Å². The van der Waals surface area contributed by atoms with Crippen LogP contribution in [-0.4, -0.2) is 25.1 Å². The summed E-state index contributed by atoms with van der Waals surface area (Å²) < 4.78 is 5.92. The van der Waals surface area contributed by atoms with Gasteiger partial charge in [-0.1, -0.05) is 39.0 Å². The van der Waals surface area contributed by atoms with Gasteiger partial charge >= 0.3 is 0 Å². The molecule has 0 saturated heterocycles. The summed E-state index contributed by atoms with van der Waals surface area (Å²) >= 11 is 0. The maximum Gasteiger partial charge on any atom is 0.130 e. The van der Waals surface area contributed by atoms with Gasteiger partial charge in [0, 0.05) is 29.2 Å². The van der Waals surface area contributed by atoms with E-state index in [-0.39, 0.29) is 11.5 Å². The number of anilines is 1. The van der Waals surface area contributed by atoms with E-state index >= 15 is 0 Å². The molecule has 0 saturated carbocycles. The van der Waals surface area contributed by atoms with Gasteiger partial charge in [-0.15, -0.1) is 0 Å². The highest BCUT2D eigenvalue weighted by atomic mass is 16.5. The standard InChI is InChI=1S/C24H28N2O2/c1-24(2,3)21-14-18(26-11-5-10-25-15-26)13-20(23(21)28-4)17-6-8-19-16(12-17)7-9-22(19)27/h5-6,8,10-14,22,27H,7,9,15H2,1-4H3. The molecule has 4 nitrogen and oxygen atoms in total. The summed E-state index contributed by atoms with van der Waals surface area (Å²) in [4.78, 5) is 6.53. The van der Waals surface area contributed by atoms with Crippen LogP contribution in [0.25, 0.3) is 11.1 Å². The van der Waals surface area contributed by atoms with E-state index < -0.39 is 0 Å². The number of aliphatic imine (C=N–C) groups is 1. The number of aryl methyl sites for hydroxylation is 1. The van der Waals surface area contributed by atoms with E-state index in [2.05, 4.69) is 67.2 Å². The summed E-state index contributed by atoms with van der Waals surface area (Å²) in [6.07, 6.45) is 7.24. The van der Waals surface area contributed by atoms with Crippen LogP contribution in [0.15, 0.2) is 47.6 Å². The maximum absolute atomic E-state index is 10.2. The van der Waals surface area contributed by atoms with Gasteiger partial charge in [-0.2, -0.15) is 0 Å². The molecule has 0 bridgehead atoms. The Morgan fingerprint density at radius 3 is 2.68 bits per heavy atom. The molecule has 2 aliphatic rings. The lowest BCUT2D eigenvalue weighted by Gasteiger charge is -2.28. The van der Waals surface area contributed by atoms with Crippen LogP contribution < -0.4 is 9.64 Å². The zero-order valence-electron chi connectivity index (χ0n) is 17.1. The normalized spacial score (nSPS) is 18.5. The van der Waals surface area contributed by atoms with Gasteiger partial charge in [-0.3, -0.25) is 4.99 Å². The van der Waals surface area contributed by atoms with Crippen LogP contribution in [-0.2, 0) is 11.8 Å². The van der Waals surface area contributed by atoms with Crippen molar-refractivity contribution in [3.8, 4) is 16.9 Å². The lowest BCUT2D eigenvalue weighted by Crippen LogP contribution is -2.20. The summed E-state index contributed by atoms with van der Waals surface area (Å²) in [5.74, 6) is 0.916. The zero-order chi connectivity index (χ0) is 19.9. The molecule has 146 valence electrons. The Hall–Kier alpha value is -2.59. The van der Waals surface area contributed by atoms with E-state index in [0.717, 1.165) is 41.0 Å². The van der Waals surface area contributed by atoms with Crippen LogP contribution in [0.5, 0.6) is 5.75 Å². The number of fused-ring (bicyclic) bond motifs is 1. The van der Waals surface area contributed by atoms with Crippen molar-refractivity contribution >= 4 is 11.9 Å². The van der Waals surface area contributed by atoms with Gasteiger partial charge < -0.3 is 14.7 Å². The fourth-order valence-corrected chi connectivity index (χ4v) is 4.09. The van der Waals surface area contributed by atoms with Gasteiger partial charge in [0.1, 0.15) is 12.4 Å². The number of ether oxygens (including phenoxy) is 1. The van der Waals surface area contributed by atoms with Gasteiger partial charge in [0.2, 0.25) is 0 Å². The minimum absolute atomic E-state index is 0.0637. The van der Waals surface area contributed by atoms with Crippen LogP contribution in [0.1, 0.15) is 50.0 Å². The SMILES string of the molecule is COc1c(-c2ccc3c(c2)CCC3O)cc(N2C=CC=NC2)cc1C(C)(C)C. The first-order chi connectivity index (χ1) is 13.4. The van der Waals surface area contributed by atoms with Gasteiger partial charge in [0.25, 0.3) is 0 Å². The Kier molecular flexibility index (Phi) is 4.76. The monoisotopic (exact) mass is 376 g/mol. The van der Waals surface area contributed by atoms with E-state index in [1.165, 1.54) is 11.1 Å². The summed E-state index contributed by atoms with van der Waals surface area (Å²) in [6, 6.07) is 10.8. The summed E-state index contributed by atoms with van der Waals surface area (Å²) in [7, 11) is 1.75. The summed E-state index contributed by atoms with van der Waals surface area (Å²) in [5, 5.41) is 10.2. The smallest absolute Gasteiger partial charge is 0.130 e. The molecular formula is C24H28N2O2. The molecular weight excluding hydrogens is 348 g/mol. The van der Waals surface area contributed by atoms with Crippen LogP contribution in [0, 0.1) is 0 Å². The van der Waals surface area contributed by atoms with E-state index in [0.29, 0.717) is 6.67 Å². The summed E-state index contributed by atoms with van der Waals surface area (Å²) in [6.45, 7) is 7.24. The number of aliphatic hydroxyl groups excluding tert-OH is 1. The molecule has 0 fully saturated rings. The Labute approximate surface area is 167 Å². The molecule has 0 spiro atoms. The molecule has 1 aliphatic carbocycles. The molecule has 28 heavy (non-hydrogen) atoms. The van der Waals surface area contributed by atoms with Crippen molar-refractivity contribution in [2.45, 2.75) is 45.1 Å². The minimum atomic E-state index is -0.334. The molecule has 2 aromatic rings. The average Bonchev–Trinajstić information content (AvgIpc) is 3.07. The number of hydrogen-bond donors (Lipinski definition) is 1. The van der Waals surface area contributed by atoms with Crippen LogP contribution in [0.3, 0.4) is 0 Å². The third kappa shape index (κ3) is 3.33. The van der Waals surface area contributed by atoms with E-state index in [9.17, 15) is 5.11 Å². The van der Waals surface area contributed by atoms with Crippen molar-refractivity contribution < 1.29 is 9.84 Å². The average molecular weight is 377 g/mol. The molecule has 0 radical (unpaired) electrons. The Balaban J connectivity index is 1.90. The first-order valence-corrected chi connectivity index (χ1v) is 9.85. The molecule has 0 aromatic heterocycles. The largest absolute Gasteiger partial charge is 0.496 e. The predicted octanol–water partition coefficient (Wildman–Crippen LogP) is 5.00. The first-order valence-electron chi connectivity index (χ1n) is 9.85. The minimum Gasteiger partial charge on any atom is -0.496 e. The second-order valence-corrected chi connectivity index (χ2v) is 8.58. The zero-order valence-corrected chi connectivity index (χ0v) is 17.1. The third-order valence-corrected chi connectivity index (χ3v) is 5.61. The molecule has 4 rings (SSSR count). The Morgan fingerprint density at radius 1 is 1.18 bits per heavy atom. The quantitative estimate of drug-likeness (QED) is 0.820. The number of rotatable bonds is 3. The van der Waals surface area contributed by atoms with Crippen molar-refractivity contribution in [2.75, 3.05) is 18.7 Å². The molecule has 4 heteroatoms. The number of hydrogen-bond acceptors (Lipinski definition) is 4. The van der Waals surface area contributed by atoms with Crippen molar-refractivity contribution in [1.29, 1.82) is 0 Å². The van der Waals surface area contributed by atoms with Crippen molar-refractivity contribution in [3.05, 3.63) is 59.3 Å². The molecule has 1 N–H and O–H groups in total. The number of nitrogens with zero attached hydrogens (tertiary/aromatic N) is 2. The van der Waals surface area contributed by atoms with E-state index in [4.69, 9.17) is 4.74 Å². The van der Waals surface area contributed by atoms with Crippen LogP contribution in [0.4, 0.5) is 5.69 Å². The summed E-state index contributed by atoms with van der Waals surface area (Å²) in [5.41, 5.74) is 6.71. The van der Waals surface area contributed by atoms with Crippen molar-refractivity contribution in [2.24, 2.45) is 4.99 Å². The molecule has 1 aliphatic heterocycles. The number of benzene rings is 2. The number of methoxy groups -OCH3 is 1. The van der Waals surface area contributed by atoms with Crippen LogP contribution >= 0.6 is 0 Å². The maximum atomic E-state index is 10.2. The molecule has 1 atom stereocenters. The molecule has 2 aromatic carbocycles. The lowest BCUT2D eigenvalue weighted by atomic mass is 9.83. The molecule has 0 amide bonds. The predicted molar refractivity (Wildman–Crippen MR) is 115 cm³/mol. The first kappa shape index (κ1) is 18.8. The van der Waals surface area contributed by atoms with Crippen molar-refractivity contribution in [1.82, 2.24) is 0 Å². The highest BCUT2D eigenvalue weighted by Gasteiger charge is 2.26. The highest BCUT2D eigenvalue weighted by molar-refractivity contribution is 5.80. The second-order valence-electron chi connectivity index (χ2n) is 8.58.